The zero-order chi connectivity index (χ0) is 13.8. The van der Waals surface area contributed by atoms with E-state index < -0.39 is 5.24 Å². The maximum absolute atomic E-state index is 11.9. The second-order valence-electron chi connectivity index (χ2n) is 3.93. The second-order valence-corrected chi connectivity index (χ2v) is 5.27. The van der Waals surface area contributed by atoms with Gasteiger partial charge in [-0.1, -0.05) is 0 Å². The van der Waals surface area contributed by atoms with Crippen LogP contribution in [0.1, 0.15) is 20.8 Å². The van der Waals surface area contributed by atoms with Gasteiger partial charge >= 0.3 is 0 Å². The highest BCUT2D eigenvalue weighted by Gasteiger charge is 2.13. The molecule has 0 unspecified atom stereocenters. The molecule has 1 amide bonds. The Morgan fingerprint density at radius 1 is 1.42 bits per heavy atom. The molecule has 0 bridgehead atoms. The molecule has 0 aliphatic rings. The zero-order valence-electron chi connectivity index (χ0n) is 10.1. The normalized spacial score (nSPS) is 10.2. The molecule has 0 atom stereocenters. The minimum absolute atomic E-state index is 0.195. The number of carbonyl (C=O) groups excluding carboxylic acids is 2. The minimum atomic E-state index is -0.643. The summed E-state index contributed by atoms with van der Waals surface area (Å²) in [5, 5.41) is 3.90. The van der Waals surface area contributed by atoms with Crippen LogP contribution >= 0.6 is 22.9 Å². The van der Waals surface area contributed by atoms with Gasteiger partial charge in [0.2, 0.25) is 5.91 Å². The van der Waals surface area contributed by atoms with Gasteiger partial charge in [0, 0.05) is 11.1 Å². The maximum atomic E-state index is 11.9. The van der Waals surface area contributed by atoms with Crippen LogP contribution in [-0.2, 0) is 11.2 Å². The van der Waals surface area contributed by atoms with E-state index in [0.717, 1.165) is 10.4 Å². The Labute approximate surface area is 119 Å². The molecule has 98 valence electrons. The van der Waals surface area contributed by atoms with Gasteiger partial charge in [0.1, 0.15) is 5.82 Å². The fourth-order valence-corrected chi connectivity index (χ4v) is 2.63. The predicted molar refractivity (Wildman–Crippen MR) is 75.8 cm³/mol. The van der Waals surface area contributed by atoms with E-state index in [0.29, 0.717) is 0 Å². The average molecular weight is 295 g/mol. The lowest BCUT2D eigenvalue weighted by Gasteiger charge is -2.06. The van der Waals surface area contributed by atoms with Gasteiger partial charge in [0.25, 0.3) is 5.24 Å². The molecule has 0 radical (unpaired) electrons. The molecule has 2 heterocycles. The summed E-state index contributed by atoms with van der Waals surface area (Å²) in [5.74, 6) is -0.0230. The number of rotatable bonds is 4. The number of aromatic nitrogens is 1. The molecule has 19 heavy (non-hydrogen) atoms. The van der Waals surface area contributed by atoms with E-state index in [9.17, 15) is 9.59 Å². The highest BCUT2D eigenvalue weighted by molar-refractivity contribution is 7.10. The number of halogens is 1. The molecule has 0 saturated heterocycles. The van der Waals surface area contributed by atoms with Crippen LogP contribution in [-0.4, -0.2) is 16.1 Å². The summed E-state index contributed by atoms with van der Waals surface area (Å²) in [5.41, 5.74) is 1.27. The maximum Gasteiger partial charge on any atom is 0.256 e. The van der Waals surface area contributed by atoms with Crippen molar-refractivity contribution in [1.82, 2.24) is 4.98 Å². The van der Waals surface area contributed by atoms with Crippen LogP contribution in [0.25, 0.3) is 0 Å². The fraction of sp³-hybridized carbons (Fsp3) is 0.154. The molecule has 4 nitrogen and oxygen atoms in total. The minimum Gasteiger partial charge on any atom is -0.310 e. The Balaban J connectivity index is 2.11. The van der Waals surface area contributed by atoms with Gasteiger partial charge in [-0.3, -0.25) is 9.59 Å². The lowest BCUT2D eigenvalue weighted by Crippen LogP contribution is -2.17. The van der Waals surface area contributed by atoms with E-state index in [-0.39, 0.29) is 23.7 Å². The Morgan fingerprint density at radius 3 is 2.84 bits per heavy atom. The third-order valence-electron chi connectivity index (χ3n) is 2.57. The monoisotopic (exact) mass is 294 g/mol. The SMILES string of the molecule is Cc1ccsc1CC(=O)Nc1ncccc1C(=O)Cl. The lowest BCUT2D eigenvalue weighted by atomic mass is 10.2. The van der Waals surface area contributed by atoms with Crippen molar-refractivity contribution in [1.29, 1.82) is 0 Å². The molecular formula is C13H11ClN2O2S. The van der Waals surface area contributed by atoms with E-state index in [1.165, 1.54) is 23.6 Å². The summed E-state index contributed by atoms with van der Waals surface area (Å²) < 4.78 is 0. The third-order valence-corrected chi connectivity index (χ3v) is 3.79. The predicted octanol–water partition coefficient (Wildman–Crippen LogP) is 3.01. The molecule has 2 rings (SSSR count). The molecule has 6 heteroatoms. The molecular weight excluding hydrogens is 284 g/mol. The average Bonchev–Trinajstić information content (AvgIpc) is 2.75. The zero-order valence-corrected chi connectivity index (χ0v) is 11.7. The van der Waals surface area contributed by atoms with Crippen molar-refractivity contribution in [3.8, 4) is 0 Å². The fourth-order valence-electron chi connectivity index (χ4n) is 1.57. The molecule has 0 spiro atoms. The van der Waals surface area contributed by atoms with Crippen LogP contribution in [0.5, 0.6) is 0 Å². The Morgan fingerprint density at radius 2 is 2.21 bits per heavy atom. The number of anilines is 1. The van der Waals surface area contributed by atoms with Gasteiger partial charge in [-0.05, 0) is 47.7 Å². The van der Waals surface area contributed by atoms with Crippen LogP contribution in [0.3, 0.4) is 0 Å². The van der Waals surface area contributed by atoms with Crippen molar-refractivity contribution in [2.45, 2.75) is 13.3 Å². The summed E-state index contributed by atoms with van der Waals surface area (Å²) in [6.07, 6.45) is 1.76. The lowest BCUT2D eigenvalue weighted by molar-refractivity contribution is -0.115. The summed E-state index contributed by atoms with van der Waals surface area (Å²) in [6.45, 7) is 1.95. The van der Waals surface area contributed by atoms with Gasteiger partial charge < -0.3 is 5.32 Å². The highest BCUT2D eigenvalue weighted by Crippen LogP contribution is 2.18. The first kappa shape index (κ1) is 13.7. The number of thiophene rings is 1. The van der Waals surface area contributed by atoms with Crippen LogP contribution in [0.4, 0.5) is 5.82 Å². The van der Waals surface area contributed by atoms with Crippen molar-refractivity contribution < 1.29 is 9.59 Å². The quantitative estimate of drug-likeness (QED) is 0.882. The van der Waals surface area contributed by atoms with Crippen LogP contribution in [0.2, 0.25) is 0 Å². The molecule has 0 aromatic carbocycles. The summed E-state index contributed by atoms with van der Waals surface area (Å²) in [4.78, 5) is 28.1. The smallest absolute Gasteiger partial charge is 0.256 e. The standard InChI is InChI=1S/C13H11ClN2O2S/c1-8-4-6-19-10(8)7-11(17)16-13-9(12(14)18)3-2-5-15-13/h2-6H,7H2,1H3,(H,15,16,17). The number of aryl methyl sites for hydroxylation is 1. The van der Waals surface area contributed by atoms with Gasteiger partial charge in [-0.2, -0.15) is 0 Å². The van der Waals surface area contributed by atoms with Crippen molar-refractivity contribution in [3.05, 3.63) is 45.8 Å². The van der Waals surface area contributed by atoms with Gasteiger partial charge in [-0.25, -0.2) is 4.98 Å². The Bertz CT molecular complexity index is 625. The molecule has 1 N–H and O–H groups in total. The first-order chi connectivity index (χ1) is 9.08. The molecule has 0 aliphatic carbocycles. The Hall–Kier alpha value is -1.72. The van der Waals surface area contributed by atoms with E-state index >= 15 is 0 Å². The van der Waals surface area contributed by atoms with Crippen LogP contribution < -0.4 is 5.32 Å². The van der Waals surface area contributed by atoms with Gasteiger partial charge in [0.05, 0.1) is 12.0 Å². The molecule has 2 aromatic heterocycles. The first-order valence-electron chi connectivity index (χ1n) is 5.55. The number of nitrogens with zero attached hydrogens (tertiary/aromatic N) is 1. The number of hydrogen-bond donors (Lipinski definition) is 1. The van der Waals surface area contributed by atoms with Crippen molar-refractivity contribution >= 4 is 39.9 Å². The second kappa shape index (κ2) is 5.95. The Kier molecular flexibility index (Phi) is 4.29. The number of pyridine rings is 1. The van der Waals surface area contributed by atoms with Crippen LogP contribution in [0.15, 0.2) is 29.8 Å². The number of nitrogens with one attached hydrogen (secondary N) is 1. The molecule has 0 saturated carbocycles. The largest absolute Gasteiger partial charge is 0.310 e. The van der Waals surface area contributed by atoms with E-state index in [1.807, 2.05) is 18.4 Å². The third kappa shape index (κ3) is 3.39. The van der Waals surface area contributed by atoms with E-state index in [1.54, 1.807) is 6.07 Å². The summed E-state index contributed by atoms with van der Waals surface area (Å²) in [6, 6.07) is 5.07. The highest BCUT2D eigenvalue weighted by atomic mass is 35.5. The van der Waals surface area contributed by atoms with E-state index in [4.69, 9.17) is 11.6 Å². The van der Waals surface area contributed by atoms with Gasteiger partial charge in [0.15, 0.2) is 0 Å². The van der Waals surface area contributed by atoms with Gasteiger partial charge in [-0.15, -0.1) is 11.3 Å². The van der Waals surface area contributed by atoms with Crippen molar-refractivity contribution in [3.63, 3.8) is 0 Å². The molecule has 2 aromatic rings. The number of carbonyl (C=O) groups is 2. The number of hydrogen-bond acceptors (Lipinski definition) is 4. The summed E-state index contributed by atoms with van der Waals surface area (Å²) in [7, 11) is 0. The molecule has 0 aliphatic heterocycles. The molecule has 0 fully saturated rings. The van der Waals surface area contributed by atoms with Crippen LogP contribution in [0, 0.1) is 6.92 Å². The topological polar surface area (TPSA) is 59.1 Å². The van der Waals surface area contributed by atoms with Crippen molar-refractivity contribution in [2.75, 3.05) is 5.32 Å². The first-order valence-corrected chi connectivity index (χ1v) is 6.81. The number of amides is 1. The van der Waals surface area contributed by atoms with Crippen molar-refractivity contribution in [2.24, 2.45) is 0 Å². The van der Waals surface area contributed by atoms with E-state index in [2.05, 4.69) is 10.3 Å². The summed E-state index contributed by atoms with van der Waals surface area (Å²) >= 11 is 6.96.